The minimum Gasteiger partial charge on any atom is -0.330 e. The summed E-state index contributed by atoms with van der Waals surface area (Å²) in [6.45, 7) is 1.88. The molecule has 0 fully saturated rings. The summed E-state index contributed by atoms with van der Waals surface area (Å²) < 4.78 is 68.0. The van der Waals surface area contributed by atoms with Gasteiger partial charge in [-0.15, -0.1) is 0 Å². The molecule has 2 aromatic carbocycles. The maximum atomic E-state index is 12.9. The summed E-state index contributed by atoms with van der Waals surface area (Å²) >= 11 is 0. The van der Waals surface area contributed by atoms with Gasteiger partial charge in [0.25, 0.3) is 10.0 Å². The van der Waals surface area contributed by atoms with Gasteiger partial charge in [0.05, 0.1) is 28.0 Å². The molecule has 0 aliphatic carbocycles. The van der Waals surface area contributed by atoms with Crippen molar-refractivity contribution in [1.82, 2.24) is 19.5 Å². The number of hydrogen-bond donors (Lipinski definition) is 2. The molecule has 0 saturated carbocycles. The van der Waals surface area contributed by atoms with E-state index in [9.17, 15) is 21.6 Å². The summed E-state index contributed by atoms with van der Waals surface area (Å²) in [5.41, 5.74) is 0.856. The molecule has 0 aliphatic rings. The van der Waals surface area contributed by atoms with Crippen LogP contribution in [0.2, 0.25) is 0 Å². The third kappa shape index (κ3) is 5.01. The van der Waals surface area contributed by atoms with Crippen molar-refractivity contribution < 1.29 is 21.6 Å². The second-order valence-electron chi connectivity index (χ2n) is 7.35. The van der Waals surface area contributed by atoms with Crippen molar-refractivity contribution in [3.05, 3.63) is 78.4 Å². The zero-order chi connectivity index (χ0) is 24.5. The summed E-state index contributed by atoms with van der Waals surface area (Å²) in [5.74, 6) is 1.13. The van der Waals surface area contributed by atoms with Gasteiger partial charge in [-0.05, 0) is 55.5 Å². The van der Waals surface area contributed by atoms with Gasteiger partial charge >= 0.3 is 6.18 Å². The van der Waals surface area contributed by atoms with Gasteiger partial charge in [-0.25, -0.2) is 23.4 Å². The fraction of sp³-hybridized carbons (Fsp3) is 0.136. The van der Waals surface area contributed by atoms with Gasteiger partial charge in [-0.2, -0.15) is 13.2 Å². The molecule has 0 spiro atoms. The number of alkyl halides is 3. The third-order valence-corrected chi connectivity index (χ3v) is 6.40. The Labute approximate surface area is 193 Å². The first-order valence-electron chi connectivity index (χ1n) is 9.92. The van der Waals surface area contributed by atoms with Crippen LogP contribution in [0.1, 0.15) is 11.4 Å². The lowest BCUT2D eigenvalue weighted by Crippen LogP contribution is -2.14. The van der Waals surface area contributed by atoms with E-state index >= 15 is 0 Å². The molecule has 8 nitrogen and oxygen atoms in total. The van der Waals surface area contributed by atoms with E-state index in [0.29, 0.717) is 17.3 Å². The summed E-state index contributed by atoms with van der Waals surface area (Å²) in [6.07, 6.45) is -1.28. The first-order chi connectivity index (χ1) is 16.0. The van der Waals surface area contributed by atoms with E-state index in [-0.39, 0.29) is 10.6 Å². The second-order valence-corrected chi connectivity index (χ2v) is 9.03. The largest absolute Gasteiger partial charge is 0.416 e. The van der Waals surface area contributed by atoms with Gasteiger partial charge in [0.15, 0.2) is 0 Å². The van der Waals surface area contributed by atoms with Gasteiger partial charge < -0.3 is 9.88 Å². The molecule has 176 valence electrons. The Bertz CT molecular complexity index is 1430. The number of aryl methyl sites for hydroxylation is 1. The highest BCUT2D eigenvalue weighted by atomic mass is 32.2. The van der Waals surface area contributed by atoms with Crippen molar-refractivity contribution in [2.24, 2.45) is 7.05 Å². The molecule has 4 rings (SSSR count). The minimum atomic E-state index is -4.58. The van der Waals surface area contributed by atoms with Crippen LogP contribution >= 0.6 is 0 Å². The van der Waals surface area contributed by atoms with Gasteiger partial charge in [0.2, 0.25) is 5.95 Å². The Morgan fingerprint density at radius 1 is 0.971 bits per heavy atom. The number of benzene rings is 2. The van der Waals surface area contributed by atoms with Gasteiger partial charge in [0.1, 0.15) is 5.82 Å². The van der Waals surface area contributed by atoms with Crippen LogP contribution in [0.4, 0.5) is 30.5 Å². The molecule has 0 atom stereocenters. The second kappa shape index (κ2) is 8.78. The monoisotopic (exact) mass is 488 g/mol. The first kappa shape index (κ1) is 23.2. The highest BCUT2D eigenvalue weighted by Crippen LogP contribution is 2.31. The maximum absolute atomic E-state index is 12.9. The van der Waals surface area contributed by atoms with E-state index in [1.807, 2.05) is 18.5 Å². The van der Waals surface area contributed by atoms with Crippen LogP contribution in [-0.2, 0) is 23.2 Å². The highest BCUT2D eigenvalue weighted by molar-refractivity contribution is 7.92. The first-order valence-corrected chi connectivity index (χ1v) is 11.4. The molecule has 4 aromatic rings. The number of nitrogens with zero attached hydrogens (tertiary/aromatic N) is 4. The van der Waals surface area contributed by atoms with Crippen LogP contribution in [0.3, 0.4) is 0 Å². The predicted molar refractivity (Wildman–Crippen MR) is 121 cm³/mol. The Morgan fingerprint density at radius 3 is 2.35 bits per heavy atom. The van der Waals surface area contributed by atoms with Crippen molar-refractivity contribution in [2.75, 3.05) is 10.0 Å². The van der Waals surface area contributed by atoms with Crippen molar-refractivity contribution in [1.29, 1.82) is 0 Å². The molecule has 12 heteroatoms. The van der Waals surface area contributed by atoms with E-state index < -0.39 is 21.8 Å². The van der Waals surface area contributed by atoms with E-state index in [1.54, 1.807) is 18.5 Å². The molecular weight excluding hydrogens is 469 g/mol. The highest BCUT2D eigenvalue weighted by Gasteiger charge is 2.30. The molecule has 0 bridgehead atoms. The van der Waals surface area contributed by atoms with Crippen molar-refractivity contribution in [3.63, 3.8) is 0 Å². The van der Waals surface area contributed by atoms with Crippen molar-refractivity contribution >= 4 is 27.3 Å². The summed E-state index contributed by atoms with van der Waals surface area (Å²) in [6, 6.07) is 11.4. The molecular formula is C22H19F3N6O2S. The number of imidazole rings is 1. The van der Waals surface area contributed by atoms with Crippen LogP contribution in [0, 0.1) is 6.92 Å². The van der Waals surface area contributed by atoms with Crippen LogP contribution in [0.5, 0.6) is 0 Å². The average Bonchev–Trinajstić information content (AvgIpc) is 3.12. The third-order valence-electron chi connectivity index (χ3n) is 5.00. The lowest BCUT2D eigenvalue weighted by Gasteiger charge is -2.12. The summed E-state index contributed by atoms with van der Waals surface area (Å²) in [4.78, 5) is 12.8. The molecule has 34 heavy (non-hydrogen) atoms. The molecule has 2 N–H and O–H groups in total. The van der Waals surface area contributed by atoms with Crippen LogP contribution < -0.4 is 10.0 Å². The summed E-state index contributed by atoms with van der Waals surface area (Å²) in [5, 5.41) is 3.00. The van der Waals surface area contributed by atoms with Gasteiger partial charge in [-0.1, -0.05) is 6.07 Å². The Balaban J connectivity index is 1.50. The summed E-state index contributed by atoms with van der Waals surface area (Å²) in [7, 11) is -2.22. The van der Waals surface area contributed by atoms with E-state index in [2.05, 4.69) is 25.0 Å². The quantitative estimate of drug-likeness (QED) is 0.406. The molecule has 2 aromatic heterocycles. The number of halogens is 3. The zero-order valence-electron chi connectivity index (χ0n) is 18.0. The maximum Gasteiger partial charge on any atom is 0.416 e. The van der Waals surface area contributed by atoms with Crippen molar-refractivity contribution in [2.45, 2.75) is 18.0 Å². The predicted octanol–water partition coefficient (Wildman–Crippen LogP) is 4.75. The standard InChI is InChI=1S/C22H19F3N6O2S/c1-14-27-13-20(31(14)2)19-10-11-26-21(29-19)28-16-6-8-18(9-7-16)34(32,33)30-17-5-3-4-15(12-17)22(23,24)25/h3-13,30H,1-2H3,(H,26,28,29). The van der Waals surface area contributed by atoms with Crippen LogP contribution in [0.15, 0.2) is 71.9 Å². The number of rotatable bonds is 6. The van der Waals surface area contributed by atoms with E-state index in [0.717, 1.165) is 29.7 Å². The molecule has 0 aliphatic heterocycles. The normalized spacial score (nSPS) is 11.9. The number of sulfonamides is 1. The molecule has 0 amide bonds. The van der Waals surface area contributed by atoms with Crippen LogP contribution in [-0.4, -0.2) is 27.9 Å². The number of anilines is 3. The average molecular weight is 488 g/mol. The number of hydrogen-bond acceptors (Lipinski definition) is 6. The zero-order valence-corrected chi connectivity index (χ0v) is 18.8. The smallest absolute Gasteiger partial charge is 0.330 e. The van der Waals surface area contributed by atoms with Gasteiger partial charge in [0, 0.05) is 24.6 Å². The van der Waals surface area contributed by atoms with E-state index in [4.69, 9.17) is 0 Å². The molecule has 2 heterocycles. The fourth-order valence-electron chi connectivity index (χ4n) is 3.12. The molecule has 0 radical (unpaired) electrons. The molecule has 0 saturated heterocycles. The SMILES string of the molecule is Cc1ncc(-c2ccnc(Nc3ccc(S(=O)(=O)Nc4cccc(C(F)(F)F)c4)cc3)n2)n1C. The molecule has 0 unspecified atom stereocenters. The van der Waals surface area contributed by atoms with Crippen molar-refractivity contribution in [3.8, 4) is 11.4 Å². The Kier molecular flexibility index (Phi) is 6.00. The van der Waals surface area contributed by atoms with E-state index in [1.165, 1.54) is 30.3 Å². The van der Waals surface area contributed by atoms with Crippen LogP contribution in [0.25, 0.3) is 11.4 Å². The lowest BCUT2D eigenvalue weighted by molar-refractivity contribution is -0.137. The number of aromatic nitrogens is 4. The number of nitrogens with one attached hydrogen (secondary N) is 2. The Hall–Kier alpha value is -3.93. The minimum absolute atomic E-state index is 0.115. The van der Waals surface area contributed by atoms with Gasteiger partial charge in [-0.3, -0.25) is 4.72 Å². The topological polar surface area (TPSA) is 102 Å². The fourth-order valence-corrected chi connectivity index (χ4v) is 4.17. The Morgan fingerprint density at radius 2 is 1.71 bits per heavy atom. The lowest BCUT2D eigenvalue weighted by atomic mass is 10.2.